The van der Waals surface area contributed by atoms with Gasteiger partial charge in [0.25, 0.3) is 5.91 Å². The molecule has 1 fully saturated rings. The Morgan fingerprint density at radius 2 is 1.82 bits per heavy atom. The van der Waals surface area contributed by atoms with Gasteiger partial charge in [-0.3, -0.25) is 14.9 Å². The molecule has 3 aromatic rings. The van der Waals surface area contributed by atoms with E-state index in [9.17, 15) is 18.4 Å². The smallest absolute Gasteiger partial charge is 0.257 e. The molecule has 2 amide bonds. The molecular formula is C26H25F2N3O2S. The van der Waals surface area contributed by atoms with Gasteiger partial charge in [0.2, 0.25) is 5.91 Å². The number of hydrogen-bond acceptors (Lipinski definition) is 4. The van der Waals surface area contributed by atoms with E-state index in [1.807, 2.05) is 22.4 Å². The lowest BCUT2D eigenvalue weighted by Gasteiger charge is -2.33. The van der Waals surface area contributed by atoms with E-state index in [1.165, 1.54) is 23.8 Å². The first-order valence-electron chi connectivity index (χ1n) is 11.7. The number of nitrogens with one attached hydrogen (secondary N) is 1. The zero-order chi connectivity index (χ0) is 23.7. The van der Waals surface area contributed by atoms with Crippen molar-refractivity contribution in [3.8, 4) is 11.3 Å². The van der Waals surface area contributed by atoms with Crippen molar-refractivity contribution in [2.75, 3.05) is 16.8 Å². The molecule has 2 aliphatic rings. The monoisotopic (exact) mass is 481 g/mol. The summed E-state index contributed by atoms with van der Waals surface area (Å²) in [7, 11) is 0. The molecule has 5 rings (SSSR count). The van der Waals surface area contributed by atoms with Gasteiger partial charge in [0.15, 0.2) is 16.8 Å². The number of anilines is 2. The molecule has 1 saturated carbocycles. The van der Waals surface area contributed by atoms with Gasteiger partial charge < -0.3 is 4.90 Å². The maximum absolute atomic E-state index is 13.4. The van der Waals surface area contributed by atoms with Crippen LogP contribution in [0.3, 0.4) is 0 Å². The second-order valence-corrected chi connectivity index (χ2v) is 9.75. The lowest BCUT2D eigenvalue weighted by molar-refractivity contribution is -0.123. The van der Waals surface area contributed by atoms with Crippen LogP contribution in [0.5, 0.6) is 0 Å². The highest BCUT2D eigenvalue weighted by Gasteiger charge is 2.29. The van der Waals surface area contributed by atoms with Crippen LogP contribution in [0, 0.1) is 17.6 Å². The standard InChI is InChI=1S/C26H25F2N3O2S/c27-20-10-8-19(14-21(20)28)24(32)30-26-29-22(15-34-26)17-9-11-23-18(13-17)7-4-12-31(23)25(33)16-5-2-1-3-6-16/h8-11,13-16H,1-7,12H2,(H,29,30,32). The van der Waals surface area contributed by atoms with Crippen LogP contribution in [0.4, 0.5) is 19.6 Å². The number of amides is 2. The first kappa shape index (κ1) is 22.7. The third-order valence-corrected chi connectivity index (χ3v) is 7.38. The summed E-state index contributed by atoms with van der Waals surface area (Å²) in [6, 6.07) is 9.05. The summed E-state index contributed by atoms with van der Waals surface area (Å²) in [4.78, 5) is 32.0. The summed E-state index contributed by atoms with van der Waals surface area (Å²) in [6.07, 6.45) is 7.30. The van der Waals surface area contributed by atoms with Crippen LogP contribution < -0.4 is 10.2 Å². The summed E-state index contributed by atoms with van der Waals surface area (Å²) in [6.45, 7) is 0.762. The minimum Gasteiger partial charge on any atom is -0.312 e. The maximum atomic E-state index is 13.4. The molecule has 34 heavy (non-hydrogen) atoms. The number of benzene rings is 2. The fraction of sp³-hybridized carbons (Fsp3) is 0.346. The van der Waals surface area contributed by atoms with Crippen LogP contribution in [0.1, 0.15) is 54.4 Å². The molecule has 1 aliphatic carbocycles. The first-order chi connectivity index (χ1) is 16.5. The zero-order valence-electron chi connectivity index (χ0n) is 18.7. The molecule has 5 nitrogen and oxygen atoms in total. The Morgan fingerprint density at radius 1 is 1.00 bits per heavy atom. The second kappa shape index (κ2) is 9.62. The first-order valence-corrected chi connectivity index (χ1v) is 12.5. The van der Waals surface area contributed by atoms with E-state index in [0.29, 0.717) is 10.8 Å². The molecule has 0 bridgehead atoms. The van der Waals surface area contributed by atoms with Crippen molar-refractivity contribution in [2.24, 2.45) is 5.92 Å². The highest BCUT2D eigenvalue weighted by Crippen LogP contribution is 2.35. The number of carbonyl (C=O) groups excluding carboxylic acids is 2. The molecule has 8 heteroatoms. The van der Waals surface area contributed by atoms with Gasteiger partial charge in [-0.05, 0) is 61.6 Å². The molecule has 0 saturated heterocycles. The van der Waals surface area contributed by atoms with Gasteiger partial charge in [0, 0.05) is 34.7 Å². The van der Waals surface area contributed by atoms with Crippen LogP contribution >= 0.6 is 11.3 Å². The minimum absolute atomic E-state index is 0.0205. The molecule has 1 N–H and O–H groups in total. The van der Waals surface area contributed by atoms with Gasteiger partial charge in [0.1, 0.15) is 0 Å². The molecule has 0 unspecified atom stereocenters. The fourth-order valence-electron chi connectivity index (χ4n) is 4.83. The molecule has 1 aromatic heterocycles. The van der Waals surface area contributed by atoms with Crippen molar-refractivity contribution >= 4 is 34.0 Å². The Balaban J connectivity index is 1.32. The number of hydrogen-bond donors (Lipinski definition) is 1. The third kappa shape index (κ3) is 4.59. The highest BCUT2D eigenvalue weighted by atomic mass is 32.1. The van der Waals surface area contributed by atoms with Crippen LogP contribution in [0.15, 0.2) is 41.8 Å². The minimum atomic E-state index is -1.07. The molecule has 2 aromatic carbocycles. The highest BCUT2D eigenvalue weighted by molar-refractivity contribution is 7.14. The van der Waals surface area contributed by atoms with E-state index in [4.69, 9.17) is 0 Å². The predicted octanol–water partition coefficient (Wildman–Crippen LogP) is 6.20. The lowest BCUT2D eigenvalue weighted by Crippen LogP contribution is -2.40. The number of halogens is 2. The molecule has 0 radical (unpaired) electrons. The van der Waals surface area contributed by atoms with Crippen molar-refractivity contribution in [1.29, 1.82) is 0 Å². The van der Waals surface area contributed by atoms with Crippen LogP contribution in [0.2, 0.25) is 0 Å². The lowest BCUT2D eigenvalue weighted by atomic mass is 9.87. The van der Waals surface area contributed by atoms with E-state index in [-0.39, 0.29) is 17.4 Å². The number of aromatic nitrogens is 1. The van der Waals surface area contributed by atoms with Crippen molar-refractivity contribution in [3.63, 3.8) is 0 Å². The Hall–Kier alpha value is -3.13. The number of thiazole rings is 1. The predicted molar refractivity (Wildman–Crippen MR) is 129 cm³/mol. The molecule has 176 valence electrons. The Labute approximate surface area is 200 Å². The average Bonchev–Trinajstić information content (AvgIpc) is 3.33. The van der Waals surface area contributed by atoms with Gasteiger partial charge in [-0.25, -0.2) is 13.8 Å². The Bertz CT molecular complexity index is 1240. The van der Waals surface area contributed by atoms with E-state index in [1.54, 1.807) is 0 Å². The van der Waals surface area contributed by atoms with E-state index < -0.39 is 17.5 Å². The van der Waals surface area contributed by atoms with Crippen molar-refractivity contribution in [3.05, 3.63) is 64.5 Å². The number of nitrogens with zero attached hydrogens (tertiary/aromatic N) is 2. The van der Waals surface area contributed by atoms with Crippen LogP contribution in [0.25, 0.3) is 11.3 Å². The Kier molecular flexibility index (Phi) is 6.41. The SMILES string of the molecule is O=C(Nc1nc(-c2ccc3c(c2)CCCN3C(=O)C2CCCCC2)cs1)c1ccc(F)c(F)c1. The normalized spacial score (nSPS) is 16.2. The van der Waals surface area contributed by atoms with Crippen molar-refractivity contribution in [2.45, 2.75) is 44.9 Å². The van der Waals surface area contributed by atoms with Crippen molar-refractivity contribution < 1.29 is 18.4 Å². The second-order valence-electron chi connectivity index (χ2n) is 8.89. The maximum Gasteiger partial charge on any atom is 0.257 e. The Morgan fingerprint density at radius 3 is 2.62 bits per heavy atom. The van der Waals surface area contributed by atoms with Gasteiger partial charge in [-0.2, -0.15) is 0 Å². The van der Waals surface area contributed by atoms with E-state index in [2.05, 4.69) is 16.4 Å². The average molecular weight is 482 g/mol. The fourth-order valence-corrected chi connectivity index (χ4v) is 5.54. The van der Waals surface area contributed by atoms with Gasteiger partial charge in [0.05, 0.1) is 5.69 Å². The van der Waals surface area contributed by atoms with Crippen LogP contribution in [-0.4, -0.2) is 23.3 Å². The van der Waals surface area contributed by atoms with Crippen LogP contribution in [-0.2, 0) is 11.2 Å². The summed E-state index contributed by atoms with van der Waals surface area (Å²) < 4.78 is 26.6. The molecule has 1 aliphatic heterocycles. The van der Waals surface area contributed by atoms with Gasteiger partial charge >= 0.3 is 0 Å². The number of aryl methyl sites for hydroxylation is 1. The summed E-state index contributed by atoms with van der Waals surface area (Å²) in [5, 5.41) is 4.86. The number of fused-ring (bicyclic) bond motifs is 1. The molecule has 0 spiro atoms. The number of carbonyl (C=O) groups is 2. The molecule has 0 atom stereocenters. The summed E-state index contributed by atoms with van der Waals surface area (Å²) >= 11 is 1.26. The largest absolute Gasteiger partial charge is 0.312 e. The molecule has 2 heterocycles. The van der Waals surface area contributed by atoms with E-state index in [0.717, 1.165) is 74.0 Å². The quantitative estimate of drug-likeness (QED) is 0.483. The topological polar surface area (TPSA) is 62.3 Å². The summed E-state index contributed by atoms with van der Waals surface area (Å²) in [5.74, 6) is -2.23. The van der Waals surface area contributed by atoms with Crippen molar-refractivity contribution in [1.82, 2.24) is 4.98 Å². The molecular weight excluding hydrogens is 456 g/mol. The third-order valence-electron chi connectivity index (χ3n) is 6.62. The van der Waals surface area contributed by atoms with Gasteiger partial charge in [-0.15, -0.1) is 11.3 Å². The van der Waals surface area contributed by atoms with E-state index >= 15 is 0 Å². The zero-order valence-corrected chi connectivity index (χ0v) is 19.5. The number of rotatable bonds is 4. The van der Waals surface area contributed by atoms with Gasteiger partial charge in [-0.1, -0.05) is 25.3 Å². The summed E-state index contributed by atoms with van der Waals surface area (Å²) in [5.41, 5.74) is 3.77.